The minimum absolute atomic E-state index is 0.151. The smallest absolute Gasteiger partial charge is 0.317 e. The highest BCUT2D eigenvalue weighted by molar-refractivity contribution is 5.94. The zero-order valence-corrected chi connectivity index (χ0v) is 15.1. The number of hydrogen-bond donors (Lipinski definition) is 3. The largest absolute Gasteiger partial charge is 0.481 e. The lowest BCUT2D eigenvalue weighted by Crippen LogP contribution is -2.46. The highest BCUT2D eigenvalue weighted by atomic mass is 16.5. The lowest BCUT2D eigenvalue weighted by atomic mass is 9.99. The van der Waals surface area contributed by atoms with Gasteiger partial charge in [0.1, 0.15) is 6.10 Å². The molecule has 0 spiro atoms. The van der Waals surface area contributed by atoms with Gasteiger partial charge in [-0.25, -0.2) is 4.79 Å². The number of hydrogen-bond acceptors (Lipinski definition) is 4. The second-order valence-electron chi connectivity index (χ2n) is 6.97. The van der Waals surface area contributed by atoms with E-state index in [0.717, 1.165) is 18.4 Å². The molecule has 0 aromatic heterocycles. The Morgan fingerprint density at radius 2 is 2.07 bits per heavy atom. The highest BCUT2D eigenvalue weighted by Crippen LogP contribution is 2.18. The first-order chi connectivity index (χ1) is 13.0. The first kappa shape index (κ1) is 19.2. The number of piperidine rings is 1. The monoisotopic (exact) mass is 375 g/mol. The number of carboxylic acids is 1. The number of benzene rings is 1. The normalized spacial score (nSPS) is 22.3. The third-order valence-corrected chi connectivity index (χ3v) is 4.92. The van der Waals surface area contributed by atoms with Crippen molar-refractivity contribution in [1.29, 1.82) is 0 Å². The molecule has 0 aliphatic carbocycles. The van der Waals surface area contributed by atoms with E-state index in [4.69, 9.17) is 9.84 Å². The van der Waals surface area contributed by atoms with E-state index in [2.05, 4.69) is 10.6 Å². The van der Waals surface area contributed by atoms with Crippen LogP contribution in [0.15, 0.2) is 24.3 Å². The number of carboxylic acid groups (broad SMARTS) is 1. The molecule has 1 aromatic rings. The zero-order valence-electron chi connectivity index (χ0n) is 15.1. The number of carbonyl (C=O) groups excluding carboxylic acids is 2. The van der Waals surface area contributed by atoms with Gasteiger partial charge in [0.25, 0.3) is 5.91 Å². The molecule has 2 heterocycles. The average Bonchev–Trinajstić information content (AvgIpc) is 3.21. The summed E-state index contributed by atoms with van der Waals surface area (Å²) < 4.78 is 5.37. The molecule has 0 bridgehead atoms. The van der Waals surface area contributed by atoms with Crippen LogP contribution in [0.4, 0.5) is 10.5 Å². The topological polar surface area (TPSA) is 108 Å². The van der Waals surface area contributed by atoms with Crippen LogP contribution in [0, 0.1) is 5.92 Å². The van der Waals surface area contributed by atoms with E-state index in [1.807, 2.05) is 18.2 Å². The van der Waals surface area contributed by atoms with Crippen LogP contribution < -0.4 is 10.6 Å². The number of anilines is 1. The van der Waals surface area contributed by atoms with Crippen LogP contribution in [0.25, 0.3) is 0 Å². The fourth-order valence-electron chi connectivity index (χ4n) is 3.42. The molecular formula is C19H25N3O5. The first-order valence-electron chi connectivity index (χ1n) is 9.30. The van der Waals surface area contributed by atoms with Crippen LogP contribution in [0.5, 0.6) is 0 Å². The molecule has 3 amide bonds. The Morgan fingerprint density at radius 1 is 1.22 bits per heavy atom. The molecule has 2 aliphatic rings. The van der Waals surface area contributed by atoms with Gasteiger partial charge in [0.2, 0.25) is 0 Å². The maximum atomic E-state index is 12.3. The zero-order chi connectivity index (χ0) is 19.2. The molecule has 146 valence electrons. The predicted octanol–water partition coefficient (Wildman–Crippen LogP) is 1.81. The Morgan fingerprint density at radius 3 is 2.81 bits per heavy atom. The number of ether oxygens (including phenoxy) is 1. The number of amides is 3. The molecule has 2 saturated heterocycles. The average molecular weight is 375 g/mol. The van der Waals surface area contributed by atoms with Gasteiger partial charge in [0.05, 0.1) is 5.92 Å². The van der Waals surface area contributed by atoms with E-state index >= 15 is 0 Å². The lowest BCUT2D eigenvalue weighted by Gasteiger charge is -2.30. The highest BCUT2D eigenvalue weighted by Gasteiger charge is 2.28. The molecule has 8 heteroatoms. The van der Waals surface area contributed by atoms with Crippen molar-refractivity contribution in [3.05, 3.63) is 29.8 Å². The summed E-state index contributed by atoms with van der Waals surface area (Å²) in [6, 6.07) is 7.00. The molecule has 2 fully saturated rings. The van der Waals surface area contributed by atoms with Crippen molar-refractivity contribution < 1.29 is 24.2 Å². The Labute approximate surface area is 157 Å². The number of urea groups is 1. The van der Waals surface area contributed by atoms with Crippen molar-refractivity contribution in [1.82, 2.24) is 10.2 Å². The molecule has 0 saturated carbocycles. The van der Waals surface area contributed by atoms with Crippen molar-refractivity contribution in [2.75, 3.05) is 25.0 Å². The third kappa shape index (κ3) is 5.19. The van der Waals surface area contributed by atoms with Crippen LogP contribution >= 0.6 is 0 Å². The standard InChI is InChI=1S/C19H25N3O5/c23-17(16-7-3-9-27-16)21-15-6-1-4-13(10-15)11-20-19(26)22-8-2-5-14(12-22)18(24)25/h1,4,6,10,14,16H,2-3,5,7-9,11-12H2,(H,20,26)(H,21,23)(H,24,25). The maximum Gasteiger partial charge on any atom is 0.317 e. The molecule has 2 atom stereocenters. The summed E-state index contributed by atoms with van der Waals surface area (Å²) in [4.78, 5) is 37.1. The summed E-state index contributed by atoms with van der Waals surface area (Å²) in [6.07, 6.45) is 2.52. The van der Waals surface area contributed by atoms with Gasteiger partial charge in [0, 0.05) is 31.9 Å². The van der Waals surface area contributed by atoms with Crippen LogP contribution in [0.1, 0.15) is 31.2 Å². The Kier molecular flexibility index (Phi) is 6.28. The Bertz CT molecular complexity index is 702. The van der Waals surface area contributed by atoms with E-state index < -0.39 is 18.0 Å². The fraction of sp³-hybridized carbons (Fsp3) is 0.526. The van der Waals surface area contributed by atoms with Crippen molar-refractivity contribution in [3.63, 3.8) is 0 Å². The van der Waals surface area contributed by atoms with Gasteiger partial charge in [0.15, 0.2) is 0 Å². The van der Waals surface area contributed by atoms with Gasteiger partial charge < -0.3 is 25.4 Å². The number of rotatable bonds is 5. The van der Waals surface area contributed by atoms with Gasteiger partial charge in [-0.2, -0.15) is 0 Å². The molecule has 2 unspecified atom stereocenters. The van der Waals surface area contributed by atoms with Crippen molar-refractivity contribution in [3.8, 4) is 0 Å². The minimum atomic E-state index is -0.859. The van der Waals surface area contributed by atoms with E-state index in [-0.39, 0.29) is 18.5 Å². The van der Waals surface area contributed by atoms with Gasteiger partial charge in [-0.1, -0.05) is 12.1 Å². The number of nitrogens with zero attached hydrogens (tertiary/aromatic N) is 1. The lowest BCUT2D eigenvalue weighted by molar-refractivity contribution is -0.143. The van der Waals surface area contributed by atoms with Crippen LogP contribution in [0.2, 0.25) is 0 Å². The summed E-state index contributed by atoms with van der Waals surface area (Å²) in [5.41, 5.74) is 1.51. The Balaban J connectivity index is 1.51. The van der Waals surface area contributed by atoms with Crippen molar-refractivity contribution in [2.45, 2.75) is 38.3 Å². The molecule has 3 N–H and O–H groups in total. The first-order valence-corrected chi connectivity index (χ1v) is 9.30. The van der Waals surface area contributed by atoms with Crippen LogP contribution in [-0.2, 0) is 20.9 Å². The second-order valence-corrected chi connectivity index (χ2v) is 6.97. The number of nitrogens with one attached hydrogen (secondary N) is 2. The summed E-state index contributed by atoms with van der Waals surface area (Å²) in [6.45, 7) is 1.71. The summed E-state index contributed by atoms with van der Waals surface area (Å²) in [5.74, 6) is -1.51. The van der Waals surface area contributed by atoms with Crippen LogP contribution in [-0.4, -0.2) is 53.7 Å². The summed E-state index contributed by atoms with van der Waals surface area (Å²) in [5, 5.41) is 14.8. The summed E-state index contributed by atoms with van der Waals surface area (Å²) in [7, 11) is 0. The quantitative estimate of drug-likeness (QED) is 0.727. The van der Waals surface area contributed by atoms with Gasteiger partial charge >= 0.3 is 12.0 Å². The number of aliphatic carboxylic acids is 1. The second kappa shape index (κ2) is 8.85. The fourth-order valence-corrected chi connectivity index (χ4v) is 3.42. The third-order valence-electron chi connectivity index (χ3n) is 4.92. The van der Waals surface area contributed by atoms with Gasteiger partial charge in [-0.15, -0.1) is 0 Å². The SMILES string of the molecule is O=C(O)C1CCCN(C(=O)NCc2cccc(NC(=O)C3CCCO3)c2)C1. The minimum Gasteiger partial charge on any atom is -0.481 e. The van der Waals surface area contributed by atoms with Gasteiger partial charge in [-0.3, -0.25) is 9.59 Å². The van der Waals surface area contributed by atoms with E-state index in [0.29, 0.717) is 38.2 Å². The molecule has 27 heavy (non-hydrogen) atoms. The van der Waals surface area contributed by atoms with Crippen molar-refractivity contribution in [2.24, 2.45) is 5.92 Å². The van der Waals surface area contributed by atoms with E-state index in [9.17, 15) is 14.4 Å². The van der Waals surface area contributed by atoms with Crippen molar-refractivity contribution >= 4 is 23.6 Å². The number of carbonyl (C=O) groups is 3. The maximum absolute atomic E-state index is 12.3. The van der Waals surface area contributed by atoms with E-state index in [1.54, 1.807) is 11.0 Å². The molecular weight excluding hydrogens is 350 g/mol. The Hall–Kier alpha value is -2.61. The molecule has 3 rings (SSSR count). The van der Waals surface area contributed by atoms with Gasteiger partial charge in [-0.05, 0) is 43.4 Å². The molecule has 2 aliphatic heterocycles. The number of likely N-dealkylation sites (tertiary alicyclic amines) is 1. The van der Waals surface area contributed by atoms with Crippen LogP contribution in [0.3, 0.4) is 0 Å². The summed E-state index contributed by atoms with van der Waals surface area (Å²) >= 11 is 0. The predicted molar refractivity (Wildman–Crippen MR) is 98.2 cm³/mol. The molecule has 1 aromatic carbocycles. The molecule has 0 radical (unpaired) electrons. The molecule has 8 nitrogen and oxygen atoms in total. The van der Waals surface area contributed by atoms with E-state index in [1.165, 1.54) is 0 Å².